The Morgan fingerprint density at radius 2 is 1.69 bits per heavy atom. The molecule has 0 saturated carbocycles. The van der Waals surface area contributed by atoms with Crippen molar-refractivity contribution in [3.8, 4) is 18.1 Å². The van der Waals surface area contributed by atoms with Gasteiger partial charge < -0.3 is 15.4 Å². The average molecular weight is 415 g/mol. The number of ether oxygens (including phenoxy) is 1. The lowest BCUT2D eigenvalue weighted by Gasteiger charge is -2.10. The lowest BCUT2D eigenvalue weighted by Crippen LogP contribution is -2.30. The van der Waals surface area contributed by atoms with Crippen LogP contribution in [0.5, 0.6) is 5.75 Å². The van der Waals surface area contributed by atoms with Gasteiger partial charge in [-0.05, 0) is 48.5 Å². The predicted octanol–water partition coefficient (Wildman–Crippen LogP) is 1.37. The van der Waals surface area contributed by atoms with Gasteiger partial charge in [-0.25, -0.2) is 8.42 Å². The van der Waals surface area contributed by atoms with E-state index in [1.807, 2.05) is 0 Å². The van der Waals surface area contributed by atoms with Gasteiger partial charge >= 0.3 is 0 Å². The summed E-state index contributed by atoms with van der Waals surface area (Å²) in [5.41, 5.74) is 0.660. The molecule has 2 aromatic rings. The molecule has 0 spiro atoms. The molecule has 0 fully saturated rings. The van der Waals surface area contributed by atoms with E-state index in [-0.39, 0.29) is 35.9 Å². The van der Waals surface area contributed by atoms with Gasteiger partial charge in [-0.3, -0.25) is 14.3 Å². The van der Waals surface area contributed by atoms with Gasteiger partial charge in [0.15, 0.2) is 0 Å². The number of amides is 2. The fraction of sp³-hybridized carbons (Fsp3) is 0.200. The van der Waals surface area contributed by atoms with Gasteiger partial charge in [0.25, 0.3) is 15.9 Å². The number of sulfonamides is 1. The highest BCUT2D eigenvalue weighted by molar-refractivity contribution is 7.92. The van der Waals surface area contributed by atoms with Crippen molar-refractivity contribution in [2.24, 2.45) is 0 Å². The topological polar surface area (TPSA) is 114 Å². The highest BCUT2D eigenvalue weighted by Gasteiger charge is 2.15. The summed E-state index contributed by atoms with van der Waals surface area (Å²) in [4.78, 5) is 23.5. The molecule has 0 aliphatic rings. The number of benzene rings is 2. The highest BCUT2D eigenvalue weighted by atomic mass is 32.2. The van der Waals surface area contributed by atoms with E-state index in [9.17, 15) is 18.0 Å². The van der Waals surface area contributed by atoms with Crippen LogP contribution >= 0.6 is 0 Å². The van der Waals surface area contributed by atoms with Crippen molar-refractivity contribution >= 4 is 27.5 Å². The number of methoxy groups -OCH3 is 1. The van der Waals surface area contributed by atoms with Crippen LogP contribution in [0.15, 0.2) is 53.4 Å². The number of hydrogen-bond donors (Lipinski definition) is 3. The molecule has 29 heavy (non-hydrogen) atoms. The van der Waals surface area contributed by atoms with Crippen LogP contribution in [0.1, 0.15) is 16.8 Å². The van der Waals surface area contributed by atoms with E-state index >= 15 is 0 Å². The molecule has 3 N–H and O–H groups in total. The van der Waals surface area contributed by atoms with Gasteiger partial charge in [-0.1, -0.05) is 5.92 Å². The number of anilines is 1. The van der Waals surface area contributed by atoms with Gasteiger partial charge in [0, 0.05) is 24.2 Å². The molecule has 0 saturated heterocycles. The van der Waals surface area contributed by atoms with Gasteiger partial charge in [-0.2, -0.15) is 0 Å². The largest absolute Gasteiger partial charge is 0.497 e. The van der Waals surface area contributed by atoms with Crippen LogP contribution < -0.4 is 20.1 Å². The van der Waals surface area contributed by atoms with Crippen molar-refractivity contribution in [3.05, 3.63) is 54.1 Å². The number of terminal acetylenes is 1. The lowest BCUT2D eigenvalue weighted by atomic mass is 10.2. The number of carbonyl (C=O) groups excluding carboxylic acids is 2. The Morgan fingerprint density at radius 1 is 1.03 bits per heavy atom. The first kappa shape index (κ1) is 21.8. The van der Waals surface area contributed by atoms with E-state index in [0.29, 0.717) is 11.4 Å². The molecule has 2 amide bonds. The molecule has 0 radical (unpaired) electrons. The van der Waals surface area contributed by atoms with Crippen LogP contribution in [0.3, 0.4) is 0 Å². The van der Waals surface area contributed by atoms with Gasteiger partial charge in [0.2, 0.25) is 5.91 Å². The maximum atomic E-state index is 12.5. The van der Waals surface area contributed by atoms with E-state index in [2.05, 4.69) is 21.3 Å². The lowest BCUT2D eigenvalue weighted by molar-refractivity contribution is -0.120. The number of rotatable bonds is 9. The minimum absolute atomic E-state index is 0.0125. The Bertz CT molecular complexity index is 994. The Labute approximate surface area is 169 Å². The Balaban J connectivity index is 1.94. The Morgan fingerprint density at radius 3 is 2.28 bits per heavy atom. The molecular formula is C20H21N3O5S. The van der Waals surface area contributed by atoms with Crippen molar-refractivity contribution in [1.82, 2.24) is 10.6 Å². The van der Waals surface area contributed by atoms with Gasteiger partial charge in [-0.15, -0.1) is 6.42 Å². The minimum Gasteiger partial charge on any atom is -0.497 e. The molecule has 9 heteroatoms. The summed E-state index contributed by atoms with van der Waals surface area (Å²) in [5.74, 6) is 2.21. The molecular weight excluding hydrogens is 394 g/mol. The van der Waals surface area contributed by atoms with E-state index < -0.39 is 15.9 Å². The number of nitrogens with one attached hydrogen (secondary N) is 3. The van der Waals surface area contributed by atoms with Crippen LogP contribution in [0, 0.1) is 12.3 Å². The van der Waals surface area contributed by atoms with Crippen LogP contribution in [0.25, 0.3) is 0 Å². The summed E-state index contributed by atoms with van der Waals surface area (Å²) in [5, 5.41) is 5.08. The summed E-state index contributed by atoms with van der Waals surface area (Å²) in [7, 11) is -2.29. The summed E-state index contributed by atoms with van der Waals surface area (Å²) >= 11 is 0. The second kappa shape index (κ2) is 10.1. The molecule has 0 aromatic heterocycles. The first-order valence-electron chi connectivity index (χ1n) is 8.61. The standard InChI is InChI=1S/C20H21N3O5S/c1-3-13-21-19(24)12-14-22-20(25)15-4-10-18(11-5-15)29(26,27)23-16-6-8-17(28-2)9-7-16/h1,4-11,23H,12-14H2,2H3,(H,21,24)(H,22,25). The molecule has 8 nitrogen and oxygen atoms in total. The van der Waals surface area contributed by atoms with Crippen molar-refractivity contribution in [1.29, 1.82) is 0 Å². The van der Waals surface area contributed by atoms with Crippen molar-refractivity contribution < 1.29 is 22.7 Å². The number of hydrogen-bond acceptors (Lipinski definition) is 5. The van der Waals surface area contributed by atoms with E-state index in [0.717, 1.165) is 0 Å². The van der Waals surface area contributed by atoms with Crippen LogP contribution in [-0.4, -0.2) is 40.4 Å². The van der Waals surface area contributed by atoms with Crippen LogP contribution in [0.4, 0.5) is 5.69 Å². The maximum Gasteiger partial charge on any atom is 0.261 e. The zero-order valence-electron chi connectivity index (χ0n) is 15.8. The molecule has 2 aromatic carbocycles. The average Bonchev–Trinajstić information content (AvgIpc) is 2.72. The molecule has 0 heterocycles. The fourth-order valence-electron chi connectivity index (χ4n) is 2.29. The number of carbonyl (C=O) groups is 2. The molecule has 0 atom stereocenters. The third-order valence-corrected chi connectivity index (χ3v) is 5.19. The maximum absolute atomic E-state index is 12.5. The monoisotopic (exact) mass is 415 g/mol. The predicted molar refractivity (Wildman–Crippen MR) is 109 cm³/mol. The molecule has 2 rings (SSSR count). The first-order valence-corrected chi connectivity index (χ1v) is 10.1. The van der Waals surface area contributed by atoms with E-state index in [1.165, 1.54) is 31.4 Å². The van der Waals surface area contributed by atoms with E-state index in [4.69, 9.17) is 11.2 Å². The normalized spacial score (nSPS) is 10.5. The third kappa shape index (κ3) is 6.55. The molecule has 152 valence electrons. The highest BCUT2D eigenvalue weighted by Crippen LogP contribution is 2.19. The fourth-order valence-corrected chi connectivity index (χ4v) is 3.35. The minimum atomic E-state index is -3.80. The summed E-state index contributed by atoms with van der Waals surface area (Å²) < 4.78 is 32.4. The molecule has 0 aliphatic carbocycles. The molecule has 0 bridgehead atoms. The first-order chi connectivity index (χ1) is 13.9. The van der Waals surface area contributed by atoms with Crippen molar-refractivity contribution in [2.45, 2.75) is 11.3 Å². The summed E-state index contributed by atoms with van der Waals surface area (Å²) in [6, 6.07) is 11.9. The smallest absolute Gasteiger partial charge is 0.261 e. The second-order valence-corrected chi connectivity index (χ2v) is 7.53. The van der Waals surface area contributed by atoms with Crippen molar-refractivity contribution in [3.63, 3.8) is 0 Å². The quantitative estimate of drug-likeness (QED) is 0.535. The Kier molecular flexibility index (Phi) is 7.62. The van der Waals surface area contributed by atoms with Gasteiger partial charge in [0.1, 0.15) is 5.75 Å². The van der Waals surface area contributed by atoms with Gasteiger partial charge in [0.05, 0.1) is 18.6 Å². The molecule has 0 aliphatic heterocycles. The third-order valence-electron chi connectivity index (χ3n) is 3.79. The van der Waals surface area contributed by atoms with Crippen LogP contribution in [0.2, 0.25) is 0 Å². The zero-order valence-corrected chi connectivity index (χ0v) is 16.6. The summed E-state index contributed by atoms with van der Waals surface area (Å²) in [6.45, 7) is 0.265. The van der Waals surface area contributed by atoms with E-state index in [1.54, 1.807) is 24.3 Å². The Hall–Kier alpha value is -3.51. The zero-order chi connectivity index (χ0) is 21.3. The van der Waals surface area contributed by atoms with Crippen LogP contribution in [-0.2, 0) is 14.8 Å². The summed E-state index contributed by atoms with van der Waals surface area (Å²) in [6.07, 6.45) is 5.13. The SMILES string of the molecule is C#CCNC(=O)CCNC(=O)c1ccc(S(=O)(=O)Nc2ccc(OC)cc2)cc1. The second-order valence-electron chi connectivity index (χ2n) is 5.85. The molecule has 0 unspecified atom stereocenters. The van der Waals surface area contributed by atoms with Crippen molar-refractivity contribution in [2.75, 3.05) is 24.9 Å².